The number of aromatic carboxylic acids is 1. The van der Waals surface area contributed by atoms with Crippen LogP contribution in [0.5, 0.6) is 0 Å². The summed E-state index contributed by atoms with van der Waals surface area (Å²) < 4.78 is 24.0. The van der Waals surface area contributed by atoms with Gasteiger partial charge in [0.05, 0.1) is 16.0 Å². The number of carboxylic acids is 1. The van der Waals surface area contributed by atoms with Crippen molar-refractivity contribution in [1.82, 2.24) is 0 Å². The Hall–Kier alpha value is -2.09. The Morgan fingerprint density at radius 2 is 1.80 bits per heavy atom. The van der Waals surface area contributed by atoms with E-state index in [0.717, 1.165) is 17.8 Å². The zero-order chi connectivity index (χ0) is 18.6. The maximum absolute atomic E-state index is 12.9. The second-order valence-electron chi connectivity index (χ2n) is 4.89. The van der Waals surface area contributed by atoms with Crippen LogP contribution >= 0.6 is 22.4 Å². The SMILES string of the molecule is C=CCSc1cc(C(=O)O)cc(S(=O)(=O)Cl)c1C(=O)c1ccccc1. The van der Waals surface area contributed by atoms with Crippen molar-refractivity contribution in [1.29, 1.82) is 0 Å². The van der Waals surface area contributed by atoms with Crippen molar-refractivity contribution >= 4 is 43.2 Å². The molecule has 0 fully saturated rings. The molecule has 0 aliphatic carbocycles. The van der Waals surface area contributed by atoms with Gasteiger partial charge in [-0.15, -0.1) is 18.3 Å². The molecule has 0 aliphatic heterocycles. The van der Waals surface area contributed by atoms with Gasteiger partial charge in [0.25, 0.3) is 9.05 Å². The van der Waals surface area contributed by atoms with Gasteiger partial charge >= 0.3 is 5.97 Å². The Labute approximate surface area is 153 Å². The zero-order valence-electron chi connectivity index (χ0n) is 12.8. The van der Waals surface area contributed by atoms with Crippen LogP contribution < -0.4 is 0 Å². The van der Waals surface area contributed by atoms with E-state index < -0.39 is 25.7 Å². The number of thioether (sulfide) groups is 1. The highest BCUT2D eigenvalue weighted by atomic mass is 35.7. The first-order valence-electron chi connectivity index (χ1n) is 6.95. The molecule has 5 nitrogen and oxygen atoms in total. The summed E-state index contributed by atoms with van der Waals surface area (Å²) in [6.07, 6.45) is 1.56. The molecular weight excluding hydrogens is 384 g/mol. The third-order valence-corrected chi connectivity index (χ3v) is 5.58. The smallest absolute Gasteiger partial charge is 0.335 e. The summed E-state index contributed by atoms with van der Waals surface area (Å²) in [5.74, 6) is -1.51. The van der Waals surface area contributed by atoms with Gasteiger partial charge in [0, 0.05) is 26.9 Å². The van der Waals surface area contributed by atoms with Crippen LogP contribution in [0.25, 0.3) is 0 Å². The fourth-order valence-corrected chi connectivity index (χ4v) is 4.12. The van der Waals surface area contributed by atoms with Crippen LogP contribution in [0.1, 0.15) is 26.3 Å². The van der Waals surface area contributed by atoms with Crippen LogP contribution in [0.4, 0.5) is 0 Å². The Balaban J connectivity index is 2.79. The molecule has 0 aromatic heterocycles. The van der Waals surface area contributed by atoms with Crippen LogP contribution in [0.2, 0.25) is 0 Å². The standard InChI is InChI=1S/C17H13ClO5S2/c1-2-8-24-13-9-12(17(20)21)10-14(25(18,22)23)15(13)16(19)11-6-4-3-5-7-11/h2-7,9-10H,1,8H2,(H,20,21). The topological polar surface area (TPSA) is 88.5 Å². The molecule has 25 heavy (non-hydrogen) atoms. The van der Waals surface area contributed by atoms with Crippen molar-refractivity contribution in [3.8, 4) is 0 Å². The molecule has 8 heteroatoms. The zero-order valence-corrected chi connectivity index (χ0v) is 15.2. The number of hydrogen-bond donors (Lipinski definition) is 1. The highest BCUT2D eigenvalue weighted by Crippen LogP contribution is 2.33. The molecule has 2 aromatic carbocycles. The normalized spacial score (nSPS) is 11.1. The molecule has 0 aliphatic rings. The van der Waals surface area contributed by atoms with Crippen molar-refractivity contribution in [2.75, 3.05) is 5.75 Å². The van der Waals surface area contributed by atoms with E-state index in [9.17, 15) is 23.1 Å². The largest absolute Gasteiger partial charge is 0.478 e. The molecular formula is C17H13ClO5S2. The minimum atomic E-state index is -4.34. The number of carboxylic acid groups (broad SMARTS) is 1. The van der Waals surface area contributed by atoms with E-state index in [1.165, 1.54) is 6.07 Å². The van der Waals surface area contributed by atoms with Crippen molar-refractivity contribution < 1.29 is 23.1 Å². The number of hydrogen-bond acceptors (Lipinski definition) is 5. The van der Waals surface area contributed by atoms with E-state index in [-0.39, 0.29) is 21.6 Å². The first-order valence-corrected chi connectivity index (χ1v) is 10.2. The first-order chi connectivity index (χ1) is 11.8. The second kappa shape index (κ2) is 7.86. The van der Waals surface area contributed by atoms with Gasteiger partial charge in [0.2, 0.25) is 0 Å². The average Bonchev–Trinajstić information content (AvgIpc) is 2.58. The first kappa shape index (κ1) is 19.2. The Bertz CT molecular complexity index is 937. The minimum absolute atomic E-state index is 0.141. The number of carbonyl (C=O) groups excluding carboxylic acids is 1. The van der Waals surface area contributed by atoms with Crippen LogP contribution in [0.3, 0.4) is 0 Å². The van der Waals surface area contributed by atoms with Gasteiger partial charge in [0.15, 0.2) is 5.78 Å². The molecule has 0 atom stereocenters. The van der Waals surface area contributed by atoms with Crippen molar-refractivity contribution in [3.05, 3.63) is 71.8 Å². The molecule has 0 amide bonds. The number of benzene rings is 2. The van der Waals surface area contributed by atoms with Crippen LogP contribution in [0, 0.1) is 0 Å². The lowest BCUT2D eigenvalue weighted by molar-refractivity contribution is 0.0695. The van der Waals surface area contributed by atoms with Crippen LogP contribution in [-0.2, 0) is 9.05 Å². The molecule has 0 spiro atoms. The Kier molecular flexibility index (Phi) is 6.05. The number of carbonyl (C=O) groups is 2. The van der Waals surface area contributed by atoms with E-state index in [0.29, 0.717) is 5.75 Å². The predicted octanol–water partition coefficient (Wildman–Crippen LogP) is 3.82. The third kappa shape index (κ3) is 4.50. The van der Waals surface area contributed by atoms with E-state index in [2.05, 4.69) is 6.58 Å². The number of halogens is 1. The van der Waals surface area contributed by atoms with Crippen LogP contribution in [0.15, 0.2) is 64.9 Å². The van der Waals surface area contributed by atoms with Gasteiger partial charge in [-0.2, -0.15) is 0 Å². The van der Waals surface area contributed by atoms with Gasteiger partial charge in [-0.25, -0.2) is 13.2 Å². The summed E-state index contributed by atoms with van der Waals surface area (Å²) in [5.41, 5.74) is -0.138. The highest BCUT2D eigenvalue weighted by molar-refractivity contribution is 8.13. The molecule has 2 rings (SSSR count). The lowest BCUT2D eigenvalue weighted by Gasteiger charge is -2.13. The minimum Gasteiger partial charge on any atom is -0.478 e. The molecule has 1 N–H and O–H groups in total. The van der Waals surface area contributed by atoms with E-state index in [1.54, 1.807) is 36.4 Å². The van der Waals surface area contributed by atoms with E-state index in [4.69, 9.17) is 10.7 Å². The molecule has 130 valence electrons. The summed E-state index contributed by atoms with van der Waals surface area (Å²) in [7, 11) is 1.13. The van der Waals surface area contributed by atoms with Gasteiger partial charge in [0.1, 0.15) is 0 Å². The average molecular weight is 397 g/mol. The van der Waals surface area contributed by atoms with Crippen LogP contribution in [-0.4, -0.2) is 31.0 Å². The fourth-order valence-electron chi connectivity index (χ4n) is 2.13. The predicted molar refractivity (Wildman–Crippen MR) is 97.2 cm³/mol. The summed E-state index contributed by atoms with van der Waals surface area (Å²) in [6, 6.07) is 10.3. The lowest BCUT2D eigenvalue weighted by atomic mass is 10.0. The summed E-state index contributed by atoms with van der Waals surface area (Å²) in [4.78, 5) is 23.9. The Morgan fingerprint density at radius 3 is 2.32 bits per heavy atom. The fraction of sp³-hybridized carbons (Fsp3) is 0.0588. The van der Waals surface area contributed by atoms with E-state index >= 15 is 0 Å². The second-order valence-corrected chi connectivity index (χ2v) is 8.48. The molecule has 0 unspecified atom stereocenters. The molecule has 0 saturated heterocycles. The monoisotopic (exact) mass is 396 g/mol. The summed E-state index contributed by atoms with van der Waals surface area (Å²) in [5, 5.41) is 9.22. The number of rotatable bonds is 7. The molecule has 0 saturated carbocycles. The van der Waals surface area contributed by atoms with Crippen molar-refractivity contribution in [2.24, 2.45) is 0 Å². The van der Waals surface area contributed by atoms with Gasteiger partial charge in [-0.1, -0.05) is 36.4 Å². The Morgan fingerprint density at radius 1 is 1.16 bits per heavy atom. The molecule has 0 heterocycles. The van der Waals surface area contributed by atoms with Gasteiger partial charge in [-0.3, -0.25) is 4.79 Å². The molecule has 0 bridgehead atoms. The quantitative estimate of drug-likeness (QED) is 0.331. The summed E-state index contributed by atoms with van der Waals surface area (Å²) >= 11 is 1.11. The maximum Gasteiger partial charge on any atom is 0.335 e. The van der Waals surface area contributed by atoms with Crippen molar-refractivity contribution in [2.45, 2.75) is 9.79 Å². The molecule has 0 radical (unpaired) electrons. The highest BCUT2D eigenvalue weighted by Gasteiger charge is 2.27. The molecule has 2 aromatic rings. The van der Waals surface area contributed by atoms with Crippen molar-refractivity contribution in [3.63, 3.8) is 0 Å². The summed E-state index contributed by atoms with van der Waals surface area (Å²) in [6.45, 7) is 3.57. The third-order valence-electron chi connectivity index (χ3n) is 3.20. The maximum atomic E-state index is 12.9. The van der Waals surface area contributed by atoms with E-state index in [1.807, 2.05) is 0 Å². The van der Waals surface area contributed by atoms with Gasteiger partial charge < -0.3 is 5.11 Å². The lowest BCUT2D eigenvalue weighted by Crippen LogP contribution is -2.12. The number of ketones is 1. The van der Waals surface area contributed by atoms with Gasteiger partial charge in [-0.05, 0) is 12.1 Å².